The van der Waals surface area contributed by atoms with E-state index in [1.165, 1.54) is 44.5 Å². The van der Waals surface area contributed by atoms with Crippen molar-refractivity contribution >= 4 is 50.1 Å². The van der Waals surface area contributed by atoms with Crippen LogP contribution in [0.3, 0.4) is 0 Å². The molecule has 0 bridgehead atoms. The number of halogens is 1. The average Bonchev–Trinajstić information content (AvgIpc) is 1.63. The van der Waals surface area contributed by atoms with E-state index in [9.17, 15) is 0 Å². The van der Waals surface area contributed by atoms with Gasteiger partial charge in [-0.25, -0.2) is 19.1 Å². The SMILES string of the molecule is Brc1c(-c2ccccc2)nn(-c2ccccc2)c1-c1ccccc1.[Ir].[c-]1ccccc1-c1nn(-c2ccccc2)c(-c2ccccc2)c1N1c2ccccc2C(c2ccccc2)(c2ccccc2)c2ccccc21.c1ccc(-c2nn(-c3ccccc3)c(-c3ccccc3)c2N2c3ccccc3C(c3ccccc3)(c3ccccc3)c3ccccc32)cc1. The van der Waals surface area contributed by atoms with Gasteiger partial charge in [0.15, 0.2) is 0 Å². The maximum Gasteiger partial charge on any atom is 0.117 e. The summed E-state index contributed by atoms with van der Waals surface area (Å²) < 4.78 is 7.22. The molecule has 8 nitrogen and oxygen atoms in total. The van der Waals surface area contributed by atoms with Crippen molar-refractivity contribution in [2.24, 2.45) is 0 Å². The monoisotopic (exact) mass is 1820 g/mol. The van der Waals surface area contributed by atoms with Crippen LogP contribution < -0.4 is 9.80 Å². The Bertz CT molecular complexity index is 6450. The van der Waals surface area contributed by atoms with Gasteiger partial charge in [-0.1, -0.05) is 400 Å². The first kappa shape index (κ1) is 78.0. The predicted molar refractivity (Wildman–Crippen MR) is 503 cm³/mol. The van der Waals surface area contributed by atoms with Crippen molar-refractivity contribution in [1.29, 1.82) is 0 Å². The first-order chi connectivity index (χ1) is 60.6. The molecule has 5 heterocycles. The first-order valence-corrected chi connectivity index (χ1v) is 42.0. The van der Waals surface area contributed by atoms with Gasteiger partial charge in [-0.05, 0) is 121 Å². The molecular formula is C113H80BrIrN8-. The topological polar surface area (TPSA) is 59.9 Å². The number of anilines is 6. The van der Waals surface area contributed by atoms with Gasteiger partial charge in [-0.2, -0.15) is 10.2 Å². The number of benzene rings is 17. The van der Waals surface area contributed by atoms with Gasteiger partial charge in [0, 0.05) is 53.6 Å². The standard InChI is InChI=1S/C46H33N3.C46H32N3.C21H15BrN2.Ir/c2*1-6-20-34(21-7-1)43-45(44(35-22-8-2-9-23-35)49(47-43)38-28-14-5-15-29-38)48-41-32-18-16-30-39(41)46(36-24-10-3-11-25-36,37-26-12-4-13-27-37)40-31-17-19-33-42(40)48;22-19-20(16-10-4-1-5-11-16)23-24(18-14-8-3-9-15-18)21(19)17-12-6-2-7-13-17;/h1-33H;1-20,22-33H;1-15H;/q;-1;;. The summed E-state index contributed by atoms with van der Waals surface area (Å²) in [6.45, 7) is 0. The fraction of sp³-hybridized carbons (Fsp3) is 0.0177. The number of hydrogen-bond donors (Lipinski definition) is 0. The third kappa shape index (κ3) is 14.2. The molecule has 17 aromatic carbocycles. The third-order valence-corrected chi connectivity index (χ3v) is 24.0. The molecule has 0 aliphatic carbocycles. The molecule has 2 aliphatic heterocycles. The van der Waals surface area contributed by atoms with Gasteiger partial charge in [0.25, 0.3) is 0 Å². The summed E-state index contributed by atoms with van der Waals surface area (Å²) in [7, 11) is 0. The number of nitrogens with zero attached hydrogens (tertiary/aromatic N) is 8. The van der Waals surface area contributed by atoms with E-state index in [2.05, 4.69) is 454 Å². The fourth-order valence-corrected chi connectivity index (χ4v) is 18.8. The van der Waals surface area contributed by atoms with Crippen LogP contribution in [0.2, 0.25) is 0 Å². The largest absolute Gasteiger partial charge is 0.314 e. The molecule has 1 radical (unpaired) electrons. The Kier molecular flexibility index (Phi) is 22.1. The summed E-state index contributed by atoms with van der Waals surface area (Å²) in [5.74, 6) is 0. The second-order valence-electron chi connectivity index (χ2n) is 30.2. The van der Waals surface area contributed by atoms with Gasteiger partial charge in [0.2, 0.25) is 0 Å². The molecule has 0 amide bonds. The van der Waals surface area contributed by atoms with Crippen LogP contribution in [-0.2, 0) is 30.9 Å². The van der Waals surface area contributed by atoms with Crippen molar-refractivity contribution in [2.45, 2.75) is 10.8 Å². The van der Waals surface area contributed by atoms with Gasteiger partial charge >= 0.3 is 0 Å². The quantitative estimate of drug-likeness (QED) is 0.0958. The Morgan fingerprint density at radius 3 is 0.772 bits per heavy atom. The van der Waals surface area contributed by atoms with Gasteiger partial charge in [-0.3, -0.25) is 0 Å². The molecule has 10 heteroatoms. The molecule has 0 saturated heterocycles. The molecule has 589 valence electrons. The third-order valence-electron chi connectivity index (χ3n) is 23.2. The van der Waals surface area contributed by atoms with Crippen LogP contribution in [0.25, 0.3) is 84.6 Å². The van der Waals surface area contributed by atoms with Crippen LogP contribution in [0.1, 0.15) is 44.5 Å². The van der Waals surface area contributed by atoms with Gasteiger partial charge in [-0.15, -0.1) is 35.9 Å². The van der Waals surface area contributed by atoms with Crippen molar-refractivity contribution in [3.8, 4) is 84.6 Å². The van der Waals surface area contributed by atoms with Gasteiger partial charge in [0.05, 0.1) is 77.9 Å². The zero-order chi connectivity index (χ0) is 81.6. The summed E-state index contributed by atoms with van der Waals surface area (Å²) >= 11 is 3.79. The number of fused-ring (bicyclic) bond motifs is 4. The van der Waals surface area contributed by atoms with Crippen molar-refractivity contribution in [1.82, 2.24) is 29.3 Å². The van der Waals surface area contributed by atoms with E-state index in [4.69, 9.17) is 15.3 Å². The van der Waals surface area contributed by atoms with E-state index in [0.29, 0.717) is 0 Å². The maximum absolute atomic E-state index is 5.48. The molecule has 20 aromatic rings. The van der Waals surface area contributed by atoms with E-state index in [-0.39, 0.29) is 20.1 Å². The average molecular weight is 1820 g/mol. The van der Waals surface area contributed by atoms with E-state index in [1.807, 2.05) is 77.5 Å². The Labute approximate surface area is 739 Å². The van der Waals surface area contributed by atoms with Crippen molar-refractivity contribution in [2.75, 3.05) is 9.80 Å². The second-order valence-corrected chi connectivity index (χ2v) is 30.9. The zero-order valence-electron chi connectivity index (χ0n) is 67.0. The summed E-state index contributed by atoms with van der Waals surface area (Å²) in [6, 6.07) is 175. The molecule has 0 fully saturated rings. The van der Waals surface area contributed by atoms with Crippen LogP contribution in [0.15, 0.2) is 490 Å². The minimum atomic E-state index is -0.562. The summed E-state index contributed by atoms with van der Waals surface area (Å²) in [5.41, 5.74) is 30.4. The molecule has 0 saturated carbocycles. The van der Waals surface area contributed by atoms with Crippen LogP contribution in [0.5, 0.6) is 0 Å². The molecule has 0 atom stereocenters. The number of hydrogen-bond acceptors (Lipinski definition) is 5. The molecule has 0 unspecified atom stereocenters. The molecule has 0 N–H and O–H groups in total. The molecular weight excluding hydrogens is 1740 g/mol. The summed E-state index contributed by atoms with van der Waals surface area (Å²) in [4.78, 5) is 4.91. The summed E-state index contributed by atoms with van der Waals surface area (Å²) in [6.07, 6.45) is 0. The second kappa shape index (κ2) is 34.8. The predicted octanol–water partition coefficient (Wildman–Crippen LogP) is 28.5. The van der Waals surface area contributed by atoms with Crippen molar-refractivity contribution < 1.29 is 20.1 Å². The smallest absolute Gasteiger partial charge is 0.117 e. The molecule has 3 aromatic heterocycles. The van der Waals surface area contributed by atoms with E-state index >= 15 is 0 Å². The fourth-order valence-electron chi connectivity index (χ4n) is 18.1. The van der Waals surface area contributed by atoms with Crippen LogP contribution in [-0.4, -0.2) is 29.3 Å². The van der Waals surface area contributed by atoms with Crippen LogP contribution >= 0.6 is 15.9 Å². The molecule has 0 spiro atoms. The summed E-state index contributed by atoms with van der Waals surface area (Å²) in [5, 5.41) is 15.8. The molecule has 123 heavy (non-hydrogen) atoms. The van der Waals surface area contributed by atoms with E-state index in [0.717, 1.165) is 123 Å². The van der Waals surface area contributed by atoms with Gasteiger partial charge < -0.3 is 9.80 Å². The van der Waals surface area contributed by atoms with E-state index in [1.54, 1.807) is 0 Å². The number of aromatic nitrogens is 6. The molecule has 22 rings (SSSR count). The Morgan fingerprint density at radius 1 is 0.220 bits per heavy atom. The minimum absolute atomic E-state index is 0. The van der Waals surface area contributed by atoms with E-state index < -0.39 is 10.8 Å². The Morgan fingerprint density at radius 2 is 0.455 bits per heavy atom. The Hall–Kier alpha value is -14.9. The molecule has 2 aliphatic rings. The first-order valence-electron chi connectivity index (χ1n) is 41.2. The van der Waals surface area contributed by atoms with Crippen LogP contribution in [0.4, 0.5) is 34.1 Å². The zero-order valence-corrected chi connectivity index (χ0v) is 71.0. The maximum atomic E-state index is 5.48. The Balaban J connectivity index is 0.000000128. The minimum Gasteiger partial charge on any atom is -0.314 e. The number of rotatable bonds is 15. The van der Waals surface area contributed by atoms with Crippen molar-refractivity contribution in [3.63, 3.8) is 0 Å². The van der Waals surface area contributed by atoms with Crippen molar-refractivity contribution in [3.05, 3.63) is 540 Å². The number of para-hydroxylation sites is 7. The normalized spacial score (nSPS) is 12.5. The van der Waals surface area contributed by atoms with Gasteiger partial charge in [0.1, 0.15) is 17.1 Å². The van der Waals surface area contributed by atoms with Crippen LogP contribution in [0, 0.1) is 6.07 Å².